The summed E-state index contributed by atoms with van der Waals surface area (Å²) in [6.07, 6.45) is 12.7. The van der Waals surface area contributed by atoms with Crippen LogP contribution in [0.3, 0.4) is 0 Å². The normalized spacial score (nSPS) is 19.4. The van der Waals surface area contributed by atoms with E-state index >= 15 is 0 Å². The molecule has 6 nitrogen and oxygen atoms in total. The van der Waals surface area contributed by atoms with E-state index < -0.39 is 11.0 Å². The molecule has 0 radical (unpaired) electrons. The number of hydrogen-bond donors (Lipinski definition) is 1. The molecular formula is C42H58ClN2O4+. The minimum Gasteiger partial charge on any atom is -0.415 e. The molecule has 3 aromatic rings. The maximum atomic E-state index is 14.4. The summed E-state index contributed by atoms with van der Waals surface area (Å²) in [7, 11) is 3.63. The Morgan fingerprint density at radius 3 is 1.82 bits per heavy atom. The Bertz CT molecular complexity index is 1380. The quantitative estimate of drug-likeness (QED) is 0.0775. The summed E-state index contributed by atoms with van der Waals surface area (Å²) in [6.45, 7) is 4.29. The molecule has 49 heavy (non-hydrogen) atoms. The first-order chi connectivity index (χ1) is 23.6. The molecule has 0 spiro atoms. The first-order valence-corrected chi connectivity index (χ1v) is 18.8. The zero-order valence-electron chi connectivity index (χ0n) is 30.0. The van der Waals surface area contributed by atoms with E-state index in [0.717, 1.165) is 36.0 Å². The minimum absolute atomic E-state index is 0.0140. The average Bonchev–Trinajstić information content (AvgIpc) is 3.12. The number of esters is 1. The molecule has 7 heteroatoms. The van der Waals surface area contributed by atoms with Crippen LogP contribution in [0.25, 0.3) is 0 Å². The van der Waals surface area contributed by atoms with E-state index in [1.165, 1.54) is 38.5 Å². The van der Waals surface area contributed by atoms with Gasteiger partial charge in [0.1, 0.15) is 11.0 Å². The van der Waals surface area contributed by atoms with Crippen molar-refractivity contribution in [2.45, 2.75) is 101 Å². The average molecular weight is 690 g/mol. The minimum atomic E-state index is -0.998. The van der Waals surface area contributed by atoms with Crippen LogP contribution in [0.5, 0.6) is 0 Å². The van der Waals surface area contributed by atoms with Crippen molar-refractivity contribution in [1.82, 2.24) is 4.90 Å². The molecule has 0 atom stereocenters. The number of amides is 1. The molecule has 1 aliphatic heterocycles. The highest BCUT2D eigenvalue weighted by Crippen LogP contribution is 2.41. The van der Waals surface area contributed by atoms with Crippen molar-refractivity contribution in [2.75, 3.05) is 40.5 Å². The number of piperidine rings is 1. The van der Waals surface area contributed by atoms with Gasteiger partial charge in [-0.05, 0) is 35.2 Å². The van der Waals surface area contributed by atoms with Gasteiger partial charge in [-0.15, -0.1) is 0 Å². The third kappa shape index (κ3) is 10.4. The van der Waals surface area contributed by atoms with Gasteiger partial charge in [0.25, 0.3) is 0 Å². The molecule has 1 heterocycles. The topological polar surface area (TPSA) is 66.8 Å². The zero-order valence-corrected chi connectivity index (χ0v) is 30.8. The maximum absolute atomic E-state index is 14.4. The number of nitrogens with zero attached hydrogens (tertiary/aromatic N) is 2. The SMILES string of the molecule is CCCCCCCCCCCC(=O)OC[N+]1(CCC(C(=O)N(C)C)(c2ccccc2)c2ccccc2)CCC(O)(c2ccc(Cl)cc2)CC1. The summed E-state index contributed by atoms with van der Waals surface area (Å²) >= 11 is 6.16. The monoisotopic (exact) mass is 689 g/mol. The van der Waals surface area contributed by atoms with Crippen molar-refractivity contribution in [3.05, 3.63) is 107 Å². The van der Waals surface area contributed by atoms with E-state index in [1.807, 2.05) is 99.0 Å². The molecular weight excluding hydrogens is 632 g/mol. The molecule has 0 unspecified atom stereocenters. The van der Waals surface area contributed by atoms with Crippen LogP contribution >= 0.6 is 11.6 Å². The molecule has 4 rings (SSSR count). The standard InChI is InChI=1S/C42H58ClN2O4/c1-4-5-6-7-8-9-10-11-18-23-39(46)49-34-45(31-28-41(48,29-32-45)35-24-26-38(43)27-25-35)33-30-42(40(47)44(2)3,36-19-14-12-15-20-36)37-21-16-13-17-22-37/h12-17,19-22,24-27,48H,4-11,18,23,28-34H2,1-3H3/q+1. The fourth-order valence-electron chi connectivity index (χ4n) is 7.45. The van der Waals surface area contributed by atoms with Gasteiger partial charge in [0.05, 0.1) is 19.6 Å². The number of rotatable bonds is 19. The van der Waals surface area contributed by atoms with E-state index in [4.69, 9.17) is 16.3 Å². The molecule has 1 amide bonds. The van der Waals surface area contributed by atoms with Crippen LogP contribution in [0.2, 0.25) is 5.02 Å². The summed E-state index contributed by atoms with van der Waals surface area (Å²) in [5.41, 5.74) is 0.803. The van der Waals surface area contributed by atoms with Crippen LogP contribution in [0.4, 0.5) is 0 Å². The highest BCUT2D eigenvalue weighted by molar-refractivity contribution is 6.30. The number of likely N-dealkylation sites (tertiary alicyclic amines) is 1. The van der Waals surface area contributed by atoms with Gasteiger partial charge >= 0.3 is 5.97 Å². The molecule has 0 aliphatic carbocycles. The van der Waals surface area contributed by atoms with Gasteiger partial charge in [-0.3, -0.25) is 14.1 Å². The maximum Gasteiger partial charge on any atom is 0.310 e. The Morgan fingerprint density at radius 1 is 0.796 bits per heavy atom. The van der Waals surface area contributed by atoms with Crippen LogP contribution in [-0.4, -0.2) is 66.8 Å². The number of carbonyl (C=O) groups is 2. The molecule has 3 aromatic carbocycles. The summed E-state index contributed by atoms with van der Waals surface area (Å²) in [5.74, 6) is -0.152. The predicted molar refractivity (Wildman–Crippen MR) is 199 cm³/mol. The number of likely N-dealkylation sites (N-methyl/N-ethyl adjacent to an activating group) is 1. The predicted octanol–water partition coefficient (Wildman–Crippen LogP) is 9.02. The lowest BCUT2D eigenvalue weighted by Crippen LogP contribution is -2.60. The van der Waals surface area contributed by atoms with E-state index in [1.54, 1.807) is 4.90 Å². The second kappa shape index (κ2) is 18.7. The first-order valence-electron chi connectivity index (χ1n) is 18.5. The van der Waals surface area contributed by atoms with E-state index in [0.29, 0.717) is 54.8 Å². The third-order valence-electron chi connectivity index (χ3n) is 10.6. The Balaban J connectivity index is 1.52. The number of quaternary nitrogens is 1. The van der Waals surface area contributed by atoms with Crippen molar-refractivity contribution < 1.29 is 23.9 Å². The molecule has 266 valence electrons. The van der Waals surface area contributed by atoms with Gasteiger partial charge in [-0.25, -0.2) is 0 Å². The number of ether oxygens (including phenoxy) is 1. The van der Waals surface area contributed by atoms with Crippen LogP contribution in [0.1, 0.15) is 107 Å². The van der Waals surface area contributed by atoms with Crippen molar-refractivity contribution in [3.63, 3.8) is 0 Å². The Hall–Kier alpha value is -3.19. The van der Waals surface area contributed by atoms with Gasteiger partial charge in [0.15, 0.2) is 0 Å². The summed E-state index contributed by atoms with van der Waals surface area (Å²) < 4.78 is 6.56. The fraction of sp³-hybridized carbons (Fsp3) is 0.524. The lowest BCUT2D eigenvalue weighted by molar-refractivity contribution is -0.950. The lowest BCUT2D eigenvalue weighted by atomic mass is 9.70. The van der Waals surface area contributed by atoms with E-state index in [-0.39, 0.29) is 18.6 Å². The molecule has 0 bridgehead atoms. The summed E-state index contributed by atoms with van der Waals surface area (Å²) in [4.78, 5) is 29.2. The van der Waals surface area contributed by atoms with Crippen LogP contribution in [0.15, 0.2) is 84.9 Å². The Morgan fingerprint density at radius 2 is 1.31 bits per heavy atom. The summed E-state index contributed by atoms with van der Waals surface area (Å²) in [5, 5.41) is 12.4. The highest BCUT2D eigenvalue weighted by Gasteiger charge is 2.48. The zero-order chi connectivity index (χ0) is 35.2. The number of aliphatic hydroxyl groups is 1. The fourth-order valence-corrected chi connectivity index (χ4v) is 7.58. The number of hydrogen-bond acceptors (Lipinski definition) is 4. The molecule has 0 saturated carbocycles. The number of unbranched alkanes of at least 4 members (excludes halogenated alkanes) is 8. The second-order valence-corrected chi connectivity index (χ2v) is 14.8. The van der Waals surface area contributed by atoms with Crippen molar-refractivity contribution >= 4 is 23.5 Å². The van der Waals surface area contributed by atoms with Gasteiger partial charge in [-0.2, -0.15) is 0 Å². The van der Waals surface area contributed by atoms with Crippen molar-refractivity contribution in [1.29, 1.82) is 0 Å². The molecule has 1 fully saturated rings. The van der Waals surface area contributed by atoms with E-state index in [9.17, 15) is 14.7 Å². The van der Waals surface area contributed by atoms with E-state index in [2.05, 4.69) is 6.92 Å². The number of carbonyl (C=O) groups excluding carboxylic acids is 2. The highest BCUT2D eigenvalue weighted by atomic mass is 35.5. The first kappa shape index (κ1) is 38.6. The third-order valence-corrected chi connectivity index (χ3v) is 10.9. The second-order valence-electron chi connectivity index (χ2n) is 14.4. The van der Waals surface area contributed by atoms with Crippen molar-refractivity contribution in [3.8, 4) is 0 Å². The lowest BCUT2D eigenvalue weighted by Gasteiger charge is -2.47. The van der Waals surface area contributed by atoms with Gasteiger partial charge in [-0.1, -0.05) is 143 Å². The molecule has 0 aromatic heterocycles. The number of benzene rings is 3. The summed E-state index contributed by atoms with van der Waals surface area (Å²) in [6, 6.07) is 27.5. The van der Waals surface area contributed by atoms with Crippen LogP contribution in [-0.2, 0) is 25.3 Å². The molecule has 1 N–H and O–H groups in total. The smallest absolute Gasteiger partial charge is 0.310 e. The number of halogens is 1. The van der Waals surface area contributed by atoms with Gasteiger partial charge in [0.2, 0.25) is 12.6 Å². The van der Waals surface area contributed by atoms with Crippen molar-refractivity contribution in [2.24, 2.45) is 0 Å². The van der Waals surface area contributed by atoms with Crippen LogP contribution < -0.4 is 0 Å². The molecule has 1 aliphatic rings. The Labute approximate surface area is 300 Å². The largest absolute Gasteiger partial charge is 0.415 e. The van der Waals surface area contributed by atoms with Gasteiger partial charge < -0.3 is 14.7 Å². The van der Waals surface area contributed by atoms with Crippen LogP contribution in [0, 0.1) is 0 Å². The Kier molecular flexibility index (Phi) is 14.7. The van der Waals surface area contributed by atoms with Gasteiger partial charge in [0, 0.05) is 44.8 Å². The molecule has 1 saturated heterocycles.